The fraction of sp³-hybridized carbons (Fsp3) is 0. The first-order valence-electron chi connectivity index (χ1n) is 3.76. The summed E-state index contributed by atoms with van der Waals surface area (Å²) in [6.07, 6.45) is 0. The highest BCUT2D eigenvalue weighted by Gasteiger charge is 2.11. The van der Waals surface area contributed by atoms with Gasteiger partial charge in [-0.1, -0.05) is 0 Å². The molecule has 0 aliphatic rings. The van der Waals surface area contributed by atoms with Crippen molar-refractivity contribution in [2.75, 3.05) is 0 Å². The van der Waals surface area contributed by atoms with Gasteiger partial charge in [-0.2, -0.15) is 0 Å². The first-order valence-corrected chi connectivity index (χ1v) is 3.76. The Hall–Kier alpha value is -1.91. The lowest BCUT2D eigenvalue weighted by Crippen LogP contribution is -2.08. The smallest absolute Gasteiger partial charge is 0.284 e. The summed E-state index contributed by atoms with van der Waals surface area (Å²) in [4.78, 5) is 10.7. The van der Waals surface area contributed by atoms with Gasteiger partial charge in [0, 0.05) is 11.5 Å². The molecule has 1 aromatic heterocycles. The predicted molar refractivity (Wildman–Crippen MR) is 44.6 cm³/mol. The molecule has 0 bridgehead atoms. The van der Waals surface area contributed by atoms with Gasteiger partial charge in [0.05, 0.1) is 0 Å². The third-order valence-electron chi connectivity index (χ3n) is 1.80. The quantitative estimate of drug-likeness (QED) is 0.757. The molecule has 2 aromatic rings. The first kappa shape index (κ1) is 8.68. The van der Waals surface area contributed by atoms with Gasteiger partial charge in [-0.05, 0) is 12.1 Å². The van der Waals surface area contributed by atoms with Gasteiger partial charge in [0.2, 0.25) is 0 Å². The van der Waals surface area contributed by atoms with E-state index in [0.717, 1.165) is 12.1 Å². The van der Waals surface area contributed by atoms with Gasteiger partial charge in [0.1, 0.15) is 5.58 Å². The average molecular weight is 197 g/mol. The molecule has 0 saturated carbocycles. The average Bonchev–Trinajstić information content (AvgIpc) is 2.48. The molecule has 1 aromatic carbocycles. The van der Waals surface area contributed by atoms with Crippen LogP contribution < -0.4 is 5.73 Å². The van der Waals surface area contributed by atoms with E-state index >= 15 is 0 Å². The van der Waals surface area contributed by atoms with Crippen molar-refractivity contribution >= 4 is 16.9 Å². The van der Waals surface area contributed by atoms with Crippen LogP contribution in [0, 0.1) is 11.6 Å². The second-order valence-electron chi connectivity index (χ2n) is 2.78. The van der Waals surface area contributed by atoms with E-state index in [-0.39, 0.29) is 11.3 Å². The summed E-state index contributed by atoms with van der Waals surface area (Å²) in [6, 6.07) is 3.08. The second-order valence-corrected chi connectivity index (χ2v) is 2.78. The molecule has 72 valence electrons. The van der Waals surface area contributed by atoms with Crippen LogP contribution in [0.15, 0.2) is 22.6 Å². The number of halogens is 2. The molecule has 0 spiro atoms. The molecule has 0 atom stereocenters. The van der Waals surface area contributed by atoms with E-state index in [4.69, 9.17) is 10.2 Å². The van der Waals surface area contributed by atoms with Crippen LogP contribution >= 0.6 is 0 Å². The number of hydrogen-bond acceptors (Lipinski definition) is 2. The van der Waals surface area contributed by atoms with Gasteiger partial charge in [-0.15, -0.1) is 0 Å². The number of rotatable bonds is 1. The molecule has 0 aliphatic heterocycles. The third kappa shape index (κ3) is 1.22. The minimum atomic E-state index is -1.03. The number of amides is 1. The fourth-order valence-corrected chi connectivity index (χ4v) is 1.16. The lowest BCUT2D eigenvalue weighted by atomic mass is 10.2. The van der Waals surface area contributed by atoms with Crippen LogP contribution in [-0.4, -0.2) is 5.91 Å². The monoisotopic (exact) mass is 197 g/mol. The van der Waals surface area contributed by atoms with Crippen molar-refractivity contribution in [3.05, 3.63) is 35.6 Å². The molecule has 2 N–H and O–H groups in total. The number of benzene rings is 1. The maximum atomic E-state index is 12.7. The van der Waals surface area contributed by atoms with E-state index in [9.17, 15) is 13.6 Å². The van der Waals surface area contributed by atoms with E-state index in [1.54, 1.807) is 0 Å². The van der Waals surface area contributed by atoms with Gasteiger partial charge in [-0.25, -0.2) is 8.78 Å². The van der Waals surface area contributed by atoms with Gasteiger partial charge in [0.25, 0.3) is 5.91 Å². The number of fused-ring (bicyclic) bond motifs is 1. The molecule has 5 heteroatoms. The molecular formula is C9H5F2NO2. The van der Waals surface area contributed by atoms with Crippen LogP contribution in [0.2, 0.25) is 0 Å². The molecule has 0 aliphatic carbocycles. The number of nitrogens with two attached hydrogens (primary N) is 1. The predicted octanol–water partition coefficient (Wildman–Crippen LogP) is 1.81. The Morgan fingerprint density at radius 2 is 1.86 bits per heavy atom. The number of furan rings is 1. The molecule has 0 radical (unpaired) electrons. The van der Waals surface area contributed by atoms with Gasteiger partial charge < -0.3 is 10.2 Å². The summed E-state index contributed by atoms with van der Waals surface area (Å²) in [5.41, 5.74) is 5.03. The lowest BCUT2D eigenvalue weighted by Gasteiger charge is -1.90. The number of carbonyl (C=O) groups is 1. The largest absolute Gasteiger partial charge is 0.451 e. The van der Waals surface area contributed by atoms with Crippen LogP contribution in [0.5, 0.6) is 0 Å². The molecule has 1 amide bonds. The van der Waals surface area contributed by atoms with E-state index in [0.29, 0.717) is 5.39 Å². The van der Waals surface area contributed by atoms with Crippen molar-refractivity contribution in [2.45, 2.75) is 0 Å². The Bertz CT molecular complexity index is 480. The first-order chi connectivity index (χ1) is 6.58. The molecule has 0 unspecified atom stereocenters. The zero-order chi connectivity index (χ0) is 10.3. The van der Waals surface area contributed by atoms with Crippen molar-refractivity contribution in [3.63, 3.8) is 0 Å². The summed E-state index contributed by atoms with van der Waals surface area (Å²) < 4.78 is 30.3. The Labute approximate surface area is 77.1 Å². The minimum absolute atomic E-state index is 0.0951. The SMILES string of the molecule is NC(=O)c1cc2cc(F)c(F)cc2o1. The Balaban J connectivity index is 2.72. The Morgan fingerprint density at radius 1 is 1.21 bits per heavy atom. The molecular weight excluding hydrogens is 192 g/mol. The molecule has 14 heavy (non-hydrogen) atoms. The molecule has 1 heterocycles. The topological polar surface area (TPSA) is 56.2 Å². The maximum Gasteiger partial charge on any atom is 0.284 e. The van der Waals surface area contributed by atoms with Crippen LogP contribution in [0.25, 0.3) is 11.0 Å². The van der Waals surface area contributed by atoms with Crippen molar-refractivity contribution in [1.29, 1.82) is 0 Å². The maximum absolute atomic E-state index is 12.7. The molecule has 2 rings (SSSR count). The highest BCUT2D eigenvalue weighted by molar-refractivity contribution is 5.94. The number of hydrogen-bond donors (Lipinski definition) is 1. The number of carbonyl (C=O) groups excluding carboxylic acids is 1. The summed E-state index contributed by atoms with van der Waals surface area (Å²) in [7, 11) is 0. The van der Waals surface area contributed by atoms with E-state index in [2.05, 4.69) is 0 Å². The van der Waals surface area contributed by atoms with Crippen LogP contribution in [-0.2, 0) is 0 Å². The van der Waals surface area contributed by atoms with Gasteiger partial charge in [-0.3, -0.25) is 4.79 Å². The zero-order valence-corrected chi connectivity index (χ0v) is 6.88. The third-order valence-corrected chi connectivity index (χ3v) is 1.80. The minimum Gasteiger partial charge on any atom is -0.451 e. The summed E-state index contributed by atoms with van der Waals surface area (Å²) in [5.74, 6) is -2.91. The van der Waals surface area contributed by atoms with Crippen molar-refractivity contribution in [3.8, 4) is 0 Å². The van der Waals surface area contributed by atoms with Crippen LogP contribution in [0.1, 0.15) is 10.6 Å². The highest BCUT2D eigenvalue weighted by Crippen LogP contribution is 2.21. The fourth-order valence-electron chi connectivity index (χ4n) is 1.16. The standard InChI is InChI=1S/C9H5F2NO2/c10-5-1-4-2-8(9(12)13)14-7(4)3-6(5)11/h1-3H,(H2,12,13). The normalized spacial score (nSPS) is 10.7. The molecule has 0 saturated heterocycles. The Kier molecular flexibility index (Phi) is 1.73. The zero-order valence-electron chi connectivity index (χ0n) is 6.88. The van der Waals surface area contributed by atoms with Crippen LogP contribution in [0.4, 0.5) is 8.78 Å². The van der Waals surface area contributed by atoms with Crippen molar-refractivity contribution < 1.29 is 18.0 Å². The van der Waals surface area contributed by atoms with Crippen molar-refractivity contribution in [1.82, 2.24) is 0 Å². The summed E-state index contributed by atoms with van der Waals surface area (Å²) in [6.45, 7) is 0. The van der Waals surface area contributed by atoms with E-state index in [1.807, 2.05) is 0 Å². The van der Waals surface area contributed by atoms with E-state index in [1.165, 1.54) is 6.07 Å². The van der Waals surface area contributed by atoms with Gasteiger partial charge in [0.15, 0.2) is 17.4 Å². The van der Waals surface area contributed by atoms with Crippen molar-refractivity contribution in [2.24, 2.45) is 5.73 Å². The molecule has 3 nitrogen and oxygen atoms in total. The highest BCUT2D eigenvalue weighted by atomic mass is 19.2. The summed E-state index contributed by atoms with van der Waals surface area (Å²) >= 11 is 0. The Morgan fingerprint density at radius 3 is 2.50 bits per heavy atom. The second kappa shape index (κ2) is 2.80. The van der Waals surface area contributed by atoms with E-state index < -0.39 is 17.5 Å². The number of primary amides is 1. The summed E-state index contributed by atoms with van der Waals surface area (Å²) in [5, 5.41) is 0.303. The van der Waals surface area contributed by atoms with Gasteiger partial charge >= 0.3 is 0 Å². The lowest BCUT2D eigenvalue weighted by molar-refractivity contribution is 0.0976. The molecule has 0 fully saturated rings. The van der Waals surface area contributed by atoms with Crippen LogP contribution in [0.3, 0.4) is 0 Å².